The predicted molar refractivity (Wildman–Crippen MR) is 90.3 cm³/mol. The van der Waals surface area contributed by atoms with Gasteiger partial charge in [0.1, 0.15) is 6.54 Å². The number of fused-ring (bicyclic) bond motifs is 1. The Morgan fingerprint density at radius 1 is 1.18 bits per heavy atom. The number of imidazole rings is 1. The number of carbonyl (C=O) groups excluding carboxylic acids is 1. The molecule has 5 heteroatoms. The summed E-state index contributed by atoms with van der Waals surface area (Å²) >= 11 is 3.51. The minimum Gasteiger partial charge on any atom is -0.340 e. The van der Waals surface area contributed by atoms with Gasteiger partial charge in [-0.2, -0.15) is 0 Å². The highest BCUT2D eigenvalue weighted by atomic mass is 79.9. The molecule has 0 N–H and O–H groups in total. The van der Waals surface area contributed by atoms with Gasteiger partial charge in [-0.15, -0.1) is 0 Å². The van der Waals surface area contributed by atoms with Gasteiger partial charge >= 0.3 is 0 Å². The Bertz CT molecular complexity index is 812. The highest BCUT2D eigenvalue weighted by molar-refractivity contribution is 9.10. The lowest BCUT2D eigenvalue weighted by Gasteiger charge is -2.18. The third-order valence-corrected chi connectivity index (χ3v) is 4.40. The smallest absolute Gasteiger partial charge is 0.242 e. The molecule has 1 amide bonds. The minimum absolute atomic E-state index is 0.0545. The first-order valence-corrected chi connectivity index (χ1v) is 7.81. The number of hydrogen-bond donors (Lipinski definition) is 0. The van der Waals surface area contributed by atoms with Crippen LogP contribution in [0.1, 0.15) is 5.56 Å². The maximum atomic E-state index is 12.4. The highest BCUT2D eigenvalue weighted by Crippen LogP contribution is 2.18. The largest absolute Gasteiger partial charge is 0.340 e. The average molecular weight is 358 g/mol. The quantitative estimate of drug-likeness (QED) is 0.717. The van der Waals surface area contributed by atoms with Crippen LogP contribution >= 0.6 is 15.9 Å². The molecule has 0 aliphatic rings. The second-order valence-corrected chi connectivity index (χ2v) is 6.06. The van der Waals surface area contributed by atoms with Gasteiger partial charge in [-0.1, -0.05) is 46.3 Å². The molecule has 3 aromatic rings. The van der Waals surface area contributed by atoms with E-state index in [1.165, 1.54) is 0 Å². The summed E-state index contributed by atoms with van der Waals surface area (Å²) in [5, 5.41) is 0. The fraction of sp³-hybridized carbons (Fsp3) is 0.176. The van der Waals surface area contributed by atoms with Crippen LogP contribution in [0.25, 0.3) is 11.0 Å². The van der Waals surface area contributed by atoms with Gasteiger partial charge in [-0.25, -0.2) is 4.98 Å². The topological polar surface area (TPSA) is 38.1 Å². The number of amides is 1. The van der Waals surface area contributed by atoms with Crippen molar-refractivity contribution in [3.63, 3.8) is 0 Å². The fourth-order valence-corrected chi connectivity index (χ4v) is 2.78. The zero-order valence-corrected chi connectivity index (χ0v) is 13.8. The predicted octanol–water partition coefficient (Wildman–Crippen LogP) is 3.46. The molecule has 22 heavy (non-hydrogen) atoms. The molecule has 0 fully saturated rings. The number of likely N-dealkylation sites (N-methyl/N-ethyl adjacent to an activating group) is 1. The van der Waals surface area contributed by atoms with E-state index in [0.29, 0.717) is 13.1 Å². The molecular weight excluding hydrogens is 342 g/mol. The molecule has 3 rings (SSSR count). The van der Waals surface area contributed by atoms with Crippen LogP contribution in [0, 0.1) is 0 Å². The molecule has 112 valence electrons. The van der Waals surface area contributed by atoms with Crippen LogP contribution in [-0.4, -0.2) is 27.4 Å². The molecule has 0 unspecified atom stereocenters. The van der Waals surface area contributed by atoms with E-state index in [9.17, 15) is 4.79 Å². The monoisotopic (exact) mass is 357 g/mol. The van der Waals surface area contributed by atoms with Gasteiger partial charge < -0.3 is 9.47 Å². The first-order chi connectivity index (χ1) is 10.6. The Morgan fingerprint density at radius 3 is 2.73 bits per heavy atom. The zero-order valence-electron chi connectivity index (χ0n) is 12.2. The summed E-state index contributed by atoms with van der Waals surface area (Å²) in [6, 6.07) is 15.8. The molecule has 0 saturated heterocycles. The fourth-order valence-electron chi connectivity index (χ4n) is 2.37. The van der Waals surface area contributed by atoms with E-state index in [1.807, 2.05) is 60.1 Å². The van der Waals surface area contributed by atoms with Crippen LogP contribution in [0.2, 0.25) is 0 Å². The van der Waals surface area contributed by atoms with Crippen LogP contribution in [0.3, 0.4) is 0 Å². The lowest BCUT2D eigenvalue weighted by Crippen LogP contribution is -2.29. The molecule has 0 aliphatic carbocycles. The van der Waals surface area contributed by atoms with Crippen molar-refractivity contribution < 1.29 is 4.79 Å². The normalized spacial score (nSPS) is 10.8. The molecule has 0 atom stereocenters. The molecule has 2 aromatic carbocycles. The average Bonchev–Trinajstić information content (AvgIpc) is 2.93. The summed E-state index contributed by atoms with van der Waals surface area (Å²) in [6.07, 6.45) is 1.72. The van der Waals surface area contributed by atoms with Crippen molar-refractivity contribution in [2.75, 3.05) is 7.05 Å². The molecule has 0 aliphatic heterocycles. The van der Waals surface area contributed by atoms with E-state index in [-0.39, 0.29) is 5.91 Å². The summed E-state index contributed by atoms with van der Waals surface area (Å²) < 4.78 is 2.90. The van der Waals surface area contributed by atoms with Crippen LogP contribution in [-0.2, 0) is 17.9 Å². The third-order valence-electron chi connectivity index (χ3n) is 3.62. The van der Waals surface area contributed by atoms with Crippen molar-refractivity contribution in [1.82, 2.24) is 14.5 Å². The zero-order chi connectivity index (χ0) is 15.5. The van der Waals surface area contributed by atoms with Gasteiger partial charge in [0.05, 0.1) is 17.4 Å². The molecule has 0 bridgehead atoms. The second kappa shape index (κ2) is 6.32. The standard InChI is InChI=1S/C17H16BrN3O/c1-20(10-13-6-2-3-7-14(13)18)17(22)11-21-12-19-15-8-4-5-9-16(15)21/h2-9,12H,10-11H2,1H3. The summed E-state index contributed by atoms with van der Waals surface area (Å²) in [5.41, 5.74) is 2.97. The van der Waals surface area contributed by atoms with E-state index >= 15 is 0 Å². The number of carbonyl (C=O) groups is 1. The number of para-hydroxylation sites is 2. The van der Waals surface area contributed by atoms with Gasteiger partial charge in [-0.05, 0) is 23.8 Å². The molecular formula is C17H16BrN3O. The van der Waals surface area contributed by atoms with Crippen molar-refractivity contribution in [2.45, 2.75) is 13.1 Å². The lowest BCUT2D eigenvalue weighted by molar-refractivity contribution is -0.131. The van der Waals surface area contributed by atoms with Crippen LogP contribution in [0.4, 0.5) is 0 Å². The Labute approximate surface area is 137 Å². The molecule has 1 aromatic heterocycles. The van der Waals surface area contributed by atoms with Crippen molar-refractivity contribution in [1.29, 1.82) is 0 Å². The number of halogens is 1. The van der Waals surface area contributed by atoms with Gasteiger partial charge in [-0.3, -0.25) is 4.79 Å². The third kappa shape index (κ3) is 3.04. The summed E-state index contributed by atoms with van der Waals surface area (Å²) in [5.74, 6) is 0.0545. The van der Waals surface area contributed by atoms with Gasteiger partial charge in [0.2, 0.25) is 5.91 Å². The molecule has 4 nitrogen and oxygen atoms in total. The van der Waals surface area contributed by atoms with Gasteiger partial charge in [0.25, 0.3) is 0 Å². The lowest BCUT2D eigenvalue weighted by atomic mass is 10.2. The Kier molecular flexibility index (Phi) is 4.24. The summed E-state index contributed by atoms with van der Waals surface area (Å²) in [4.78, 5) is 18.5. The van der Waals surface area contributed by atoms with Crippen molar-refractivity contribution >= 4 is 32.9 Å². The highest BCUT2D eigenvalue weighted by Gasteiger charge is 2.13. The number of nitrogens with zero attached hydrogens (tertiary/aromatic N) is 3. The van der Waals surface area contributed by atoms with E-state index < -0.39 is 0 Å². The number of rotatable bonds is 4. The SMILES string of the molecule is CN(Cc1ccccc1Br)C(=O)Cn1cnc2ccccc21. The first kappa shape index (κ1) is 14.8. The van der Waals surface area contributed by atoms with E-state index in [0.717, 1.165) is 21.1 Å². The van der Waals surface area contributed by atoms with Crippen molar-refractivity contribution in [3.8, 4) is 0 Å². The minimum atomic E-state index is 0.0545. The van der Waals surface area contributed by atoms with Gasteiger partial charge in [0.15, 0.2) is 0 Å². The van der Waals surface area contributed by atoms with Crippen molar-refractivity contribution in [3.05, 3.63) is 64.9 Å². The Morgan fingerprint density at radius 2 is 1.91 bits per heavy atom. The maximum Gasteiger partial charge on any atom is 0.242 e. The first-order valence-electron chi connectivity index (χ1n) is 7.02. The Balaban J connectivity index is 1.73. The number of aromatic nitrogens is 2. The van der Waals surface area contributed by atoms with E-state index in [2.05, 4.69) is 20.9 Å². The van der Waals surface area contributed by atoms with E-state index in [1.54, 1.807) is 11.2 Å². The molecule has 0 spiro atoms. The van der Waals surface area contributed by atoms with Crippen LogP contribution in [0.15, 0.2) is 59.3 Å². The molecule has 1 heterocycles. The summed E-state index contributed by atoms with van der Waals surface area (Å²) in [7, 11) is 1.82. The molecule has 0 radical (unpaired) electrons. The number of hydrogen-bond acceptors (Lipinski definition) is 2. The van der Waals surface area contributed by atoms with Crippen molar-refractivity contribution in [2.24, 2.45) is 0 Å². The maximum absolute atomic E-state index is 12.4. The van der Waals surface area contributed by atoms with E-state index in [4.69, 9.17) is 0 Å². The Hall–Kier alpha value is -2.14. The second-order valence-electron chi connectivity index (χ2n) is 5.20. The van der Waals surface area contributed by atoms with Crippen LogP contribution in [0.5, 0.6) is 0 Å². The number of benzene rings is 2. The van der Waals surface area contributed by atoms with Gasteiger partial charge in [0, 0.05) is 18.1 Å². The molecule has 0 saturated carbocycles. The van der Waals surface area contributed by atoms with Crippen LogP contribution < -0.4 is 0 Å². The summed E-state index contributed by atoms with van der Waals surface area (Å²) in [6.45, 7) is 0.869.